The molecule has 1 saturated heterocycles. The van der Waals surface area contributed by atoms with Crippen LogP contribution in [0.1, 0.15) is 38.0 Å². The SMILES string of the molecule is CCCNCc1sccc1S(=O)(=O)NC1CCOC(C)C1. The summed E-state index contributed by atoms with van der Waals surface area (Å²) >= 11 is 1.48. The molecule has 5 nitrogen and oxygen atoms in total. The van der Waals surface area contributed by atoms with Crippen molar-refractivity contribution < 1.29 is 13.2 Å². The Balaban J connectivity index is 2.03. The number of rotatable bonds is 7. The molecule has 0 radical (unpaired) electrons. The molecule has 0 bridgehead atoms. The molecule has 21 heavy (non-hydrogen) atoms. The van der Waals surface area contributed by atoms with Gasteiger partial charge in [0, 0.05) is 24.1 Å². The molecule has 0 aromatic carbocycles. The lowest BCUT2D eigenvalue weighted by molar-refractivity contribution is 0.0173. The van der Waals surface area contributed by atoms with Crippen LogP contribution in [0.2, 0.25) is 0 Å². The van der Waals surface area contributed by atoms with Gasteiger partial charge in [-0.25, -0.2) is 13.1 Å². The fourth-order valence-electron chi connectivity index (χ4n) is 2.46. The first kappa shape index (κ1) is 16.9. The number of nitrogens with one attached hydrogen (secondary N) is 2. The van der Waals surface area contributed by atoms with Crippen molar-refractivity contribution in [3.63, 3.8) is 0 Å². The lowest BCUT2D eigenvalue weighted by Gasteiger charge is -2.27. The Kier molecular flexibility index (Phi) is 6.19. The molecule has 0 aliphatic carbocycles. The first-order valence-corrected chi connectivity index (χ1v) is 9.80. The molecule has 2 atom stereocenters. The largest absolute Gasteiger partial charge is 0.378 e. The van der Waals surface area contributed by atoms with E-state index in [9.17, 15) is 8.42 Å². The van der Waals surface area contributed by atoms with Gasteiger partial charge in [0.05, 0.1) is 11.0 Å². The Morgan fingerprint density at radius 1 is 1.48 bits per heavy atom. The van der Waals surface area contributed by atoms with Crippen molar-refractivity contribution in [3.8, 4) is 0 Å². The second-order valence-electron chi connectivity index (χ2n) is 5.41. The van der Waals surface area contributed by atoms with Crippen LogP contribution >= 0.6 is 11.3 Å². The maximum Gasteiger partial charge on any atom is 0.241 e. The molecule has 2 heterocycles. The lowest BCUT2D eigenvalue weighted by Crippen LogP contribution is -2.41. The van der Waals surface area contributed by atoms with Gasteiger partial charge < -0.3 is 10.1 Å². The maximum atomic E-state index is 12.5. The molecule has 120 valence electrons. The second-order valence-corrected chi connectivity index (χ2v) is 8.09. The summed E-state index contributed by atoms with van der Waals surface area (Å²) in [6, 6.07) is 1.66. The normalized spacial score (nSPS) is 23.3. The van der Waals surface area contributed by atoms with Crippen LogP contribution < -0.4 is 10.0 Å². The zero-order valence-electron chi connectivity index (χ0n) is 12.6. The summed E-state index contributed by atoms with van der Waals surface area (Å²) in [6.45, 7) is 6.18. The van der Waals surface area contributed by atoms with Crippen LogP contribution in [-0.4, -0.2) is 33.7 Å². The number of sulfonamides is 1. The first-order chi connectivity index (χ1) is 10.0. The molecule has 2 rings (SSSR count). The topological polar surface area (TPSA) is 67.4 Å². The third kappa shape index (κ3) is 4.75. The summed E-state index contributed by atoms with van der Waals surface area (Å²) in [4.78, 5) is 1.28. The van der Waals surface area contributed by atoms with Crippen LogP contribution in [0.15, 0.2) is 16.3 Å². The van der Waals surface area contributed by atoms with Crippen LogP contribution in [0.4, 0.5) is 0 Å². The summed E-state index contributed by atoms with van der Waals surface area (Å²) in [5.74, 6) is 0. The Morgan fingerprint density at radius 3 is 3.00 bits per heavy atom. The Morgan fingerprint density at radius 2 is 2.29 bits per heavy atom. The van der Waals surface area contributed by atoms with Gasteiger partial charge in [-0.05, 0) is 44.2 Å². The van der Waals surface area contributed by atoms with E-state index in [-0.39, 0.29) is 12.1 Å². The minimum Gasteiger partial charge on any atom is -0.378 e. The van der Waals surface area contributed by atoms with E-state index >= 15 is 0 Å². The summed E-state index contributed by atoms with van der Waals surface area (Å²) in [6.07, 6.45) is 2.61. The van der Waals surface area contributed by atoms with Crippen LogP contribution in [-0.2, 0) is 21.3 Å². The van der Waals surface area contributed by atoms with E-state index in [0.29, 0.717) is 18.0 Å². The Labute approximate surface area is 131 Å². The highest BCUT2D eigenvalue weighted by molar-refractivity contribution is 7.89. The van der Waals surface area contributed by atoms with Crippen molar-refractivity contribution in [3.05, 3.63) is 16.3 Å². The predicted molar refractivity (Wildman–Crippen MR) is 85.1 cm³/mol. The van der Waals surface area contributed by atoms with Crippen molar-refractivity contribution in [1.29, 1.82) is 0 Å². The molecule has 0 spiro atoms. The Hall–Kier alpha value is -0.470. The van der Waals surface area contributed by atoms with Crippen molar-refractivity contribution in [2.75, 3.05) is 13.2 Å². The van der Waals surface area contributed by atoms with Gasteiger partial charge in [-0.15, -0.1) is 11.3 Å². The lowest BCUT2D eigenvalue weighted by atomic mass is 10.1. The molecule has 0 saturated carbocycles. The maximum absolute atomic E-state index is 12.5. The third-order valence-electron chi connectivity index (χ3n) is 3.51. The van der Waals surface area contributed by atoms with Gasteiger partial charge in [-0.2, -0.15) is 0 Å². The first-order valence-electron chi connectivity index (χ1n) is 7.44. The fraction of sp³-hybridized carbons (Fsp3) is 0.714. The fourth-order valence-corrected chi connectivity index (χ4v) is 5.16. The van der Waals surface area contributed by atoms with Crippen LogP contribution in [0, 0.1) is 0 Å². The van der Waals surface area contributed by atoms with Gasteiger partial charge in [-0.3, -0.25) is 0 Å². The van der Waals surface area contributed by atoms with Crippen molar-refractivity contribution in [2.24, 2.45) is 0 Å². The van der Waals surface area contributed by atoms with Gasteiger partial charge in [-0.1, -0.05) is 6.92 Å². The van der Waals surface area contributed by atoms with Gasteiger partial charge in [0.2, 0.25) is 10.0 Å². The molecule has 2 N–H and O–H groups in total. The van der Waals surface area contributed by atoms with Crippen LogP contribution in [0.3, 0.4) is 0 Å². The van der Waals surface area contributed by atoms with E-state index in [1.54, 1.807) is 6.07 Å². The van der Waals surface area contributed by atoms with Crippen molar-refractivity contribution in [1.82, 2.24) is 10.0 Å². The smallest absolute Gasteiger partial charge is 0.241 e. The van der Waals surface area contributed by atoms with Crippen LogP contribution in [0.5, 0.6) is 0 Å². The minimum atomic E-state index is -3.44. The molecule has 1 aliphatic heterocycles. The highest BCUT2D eigenvalue weighted by Gasteiger charge is 2.27. The van der Waals surface area contributed by atoms with E-state index in [2.05, 4.69) is 17.0 Å². The predicted octanol–water partition coefficient (Wildman–Crippen LogP) is 2.09. The highest BCUT2D eigenvalue weighted by atomic mass is 32.2. The highest BCUT2D eigenvalue weighted by Crippen LogP contribution is 2.23. The molecule has 7 heteroatoms. The average Bonchev–Trinajstić information content (AvgIpc) is 2.88. The molecular weight excluding hydrogens is 308 g/mol. The molecular formula is C14H24N2O3S2. The van der Waals surface area contributed by atoms with Crippen molar-refractivity contribution >= 4 is 21.4 Å². The third-order valence-corrected chi connectivity index (χ3v) is 6.17. The zero-order chi connectivity index (χ0) is 15.3. The monoisotopic (exact) mass is 332 g/mol. The number of ether oxygens (including phenoxy) is 1. The van der Waals surface area contributed by atoms with Gasteiger partial charge in [0.15, 0.2) is 0 Å². The average molecular weight is 332 g/mol. The Bertz CT molecular complexity index is 542. The minimum absolute atomic E-state index is 0.0323. The molecule has 0 amide bonds. The number of hydrogen-bond donors (Lipinski definition) is 2. The quantitative estimate of drug-likeness (QED) is 0.750. The van der Waals surface area contributed by atoms with E-state index < -0.39 is 10.0 Å². The molecule has 1 aromatic rings. The second kappa shape index (κ2) is 7.69. The molecule has 1 aliphatic rings. The zero-order valence-corrected chi connectivity index (χ0v) is 14.2. The summed E-state index contributed by atoms with van der Waals surface area (Å²) in [7, 11) is -3.44. The van der Waals surface area contributed by atoms with Gasteiger partial charge >= 0.3 is 0 Å². The molecule has 2 unspecified atom stereocenters. The van der Waals surface area contributed by atoms with E-state index in [4.69, 9.17) is 4.74 Å². The standard InChI is InChI=1S/C14H24N2O3S2/c1-3-6-15-10-13-14(5-8-20-13)21(17,18)16-12-4-7-19-11(2)9-12/h5,8,11-12,15-16H,3-4,6-7,9-10H2,1-2H3. The van der Waals surface area contributed by atoms with E-state index in [1.165, 1.54) is 11.3 Å². The van der Waals surface area contributed by atoms with Crippen molar-refractivity contribution in [2.45, 2.75) is 56.7 Å². The van der Waals surface area contributed by atoms with Crippen LogP contribution in [0.25, 0.3) is 0 Å². The van der Waals surface area contributed by atoms with Gasteiger partial charge in [0.1, 0.15) is 0 Å². The summed E-state index contributed by atoms with van der Waals surface area (Å²) in [5, 5.41) is 5.10. The van der Waals surface area contributed by atoms with E-state index in [1.807, 2.05) is 12.3 Å². The number of thiophene rings is 1. The van der Waals surface area contributed by atoms with E-state index in [0.717, 1.165) is 30.7 Å². The summed E-state index contributed by atoms with van der Waals surface area (Å²) < 4.78 is 33.4. The molecule has 1 fully saturated rings. The summed E-state index contributed by atoms with van der Waals surface area (Å²) in [5.41, 5.74) is 0. The molecule has 1 aromatic heterocycles. The number of hydrogen-bond acceptors (Lipinski definition) is 5. The van der Waals surface area contributed by atoms with Gasteiger partial charge in [0.25, 0.3) is 0 Å².